The van der Waals surface area contributed by atoms with E-state index in [-0.39, 0.29) is 0 Å². The number of nitrogens with zero attached hydrogens (tertiary/aromatic N) is 4. The van der Waals surface area contributed by atoms with Crippen molar-refractivity contribution in [3.8, 4) is 22.5 Å². The fraction of sp³-hybridized carbons (Fsp3) is 0. The second kappa shape index (κ2) is 8.15. The minimum Gasteiger partial charge on any atom is -0.309 e. The van der Waals surface area contributed by atoms with Crippen LogP contribution in [-0.2, 0) is 0 Å². The highest BCUT2D eigenvalue weighted by Gasteiger charge is 2.21. The molecule has 3 aromatic heterocycles. The molecular weight excluding hydrogens is 464 g/mol. The van der Waals surface area contributed by atoms with Gasteiger partial charge in [0.15, 0.2) is 0 Å². The minimum absolute atomic E-state index is 0.901. The Labute approximate surface area is 219 Å². The predicted molar refractivity (Wildman–Crippen MR) is 156 cm³/mol. The van der Waals surface area contributed by atoms with Crippen LogP contribution in [0.25, 0.3) is 66.2 Å². The maximum Gasteiger partial charge on any atom is 0.149 e. The smallest absolute Gasteiger partial charge is 0.149 e. The van der Waals surface area contributed by atoms with Crippen molar-refractivity contribution in [1.82, 2.24) is 19.1 Å². The van der Waals surface area contributed by atoms with Gasteiger partial charge in [0.1, 0.15) is 12.0 Å². The Hall–Kier alpha value is -5.22. The summed E-state index contributed by atoms with van der Waals surface area (Å²) in [5, 5.41) is 4.65. The lowest BCUT2D eigenvalue weighted by Gasteiger charge is -2.11. The average molecular weight is 487 g/mol. The first-order valence-electron chi connectivity index (χ1n) is 12.8. The molecule has 178 valence electrons. The van der Waals surface area contributed by atoms with Gasteiger partial charge in [-0.3, -0.25) is 4.57 Å². The molecule has 0 atom stereocenters. The van der Waals surface area contributed by atoms with Crippen LogP contribution in [-0.4, -0.2) is 19.1 Å². The van der Waals surface area contributed by atoms with E-state index >= 15 is 0 Å². The predicted octanol–water partition coefficient (Wildman–Crippen LogP) is 8.34. The second-order valence-electron chi connectivity index (χ2n) is 9.56. The molecule has 38 heavy (non-hydrogen) atoms. The Bertz CT molecular complexity index is 2120. The second-order valence-corrected chi connectivity index (χ2v) is 9.56. The van der Waals surface area contributed by atoms with Crippen molar-refractivity contribution < 1.29 is 0 Å². The zero-order chi connectivity index (χ0) is 25.1. The molecule has 4 heteroatoms. The van der Waals surface area contributed by atoms with Crippen LogP contribution in [0.15, 0.2) is 134 Å². The molecule has 5 aromatic carbocycles. The van der Waals surface area contributed by atoms with E-state index < -0.39 is 0 Å². The van der Waals surface area contributed by atoms with Crippen molar-refractivity contribution in [2.45, 2.75) is 0 Å². The molecule has 0 aliphatic heterocycles. The molecular formula is C34H22N4. The van der Waals surface area contributed by atoms with Crippen LogP contribution in [0.3, 0.4) is 0 Å². The summed E-state index contributed by atoms with van der Waals surface area (Å²) < 4.78 is 4.65. The molecule has 0 saturated heterocycles. The van der Waals surface area contributed by atoms with Crippen molar-refractivity contribution in [2.75, 3.05) is 0 Å². The number of aromatic nitrogens is 4. The van der Waals surface area contributed by atoms with Crippen molar-refractivity contribution in [3.05, 3.63) is 134 Å². The summed E-state index contributed by atoms with van der Waals surface area (Å²) in [5.74, 6) is 0. The van der Waals surface area contributed by atoms with E-state index in [2.05, 4.69) is 129 Å². The Kier molecular flexibility index (Phi) is 4.49. The van der Waals surface area contributed by atoms with Crippen LogP contribution in [0.1, 0.15) is 0 Å². The molecule has 0 fully saturated rings. The summed E-state index contributed by atoms with van der Waals surface area (Å²) >= 11 is 0. The quantitative estimate of drug-likeness (QED) is 0.252. The molecule has 0 bridgehead atoms. The maximum absolute atomic E-state index is 4.80. The van der Waals surface area contributed by atoms with Crippen LogP contribution in [0, 0.1) is 0 Å². The number of para-hydroxylation sites is 2. The lowest BCUT2D eigenvalue weighted by molar-refractivity contribution is 1.11. The van der Waals surface area contributed by atoms with Crippen LogP contribution in [0.4, 0.5) is 0 Å². The summed E-state index contributed by atoms with van der Waals surface area (Å²) in [7, 11) is 0. The minimum atomic E-state index is 0.901. The summed E-state index contributed by atoms with van der Waals surface area (Å²) in [4.78, 5) is 9.27. The molecule has 0 aliphatic carbocycles. The van der Waals surface area contributed by atoms with Gasteiger partial charge in [-0.2, -0.15) is 0 Å². The first-order chi connectivity index (χ1) is 18.9. The van der Waals surface area contributed by atoms with E-state index in [1.165, 1.54) is 32.9 Å². The molecule has 0 N–H and O–H groups in total. The molecule has 0 amide bonds. The summed E-state index contributed by atoms with van der Waals surface area (Å²) in [6.45, 7) is 0. The Morgan fingerprint density at radius 3 is 2.11 bits per heavy atom. The lowest BCUT2D eigenvalue weighted by Crippen LogP contribution is -1.96. The Balaban J connectivity index is 1.53. The van der Waals surface area contributed by atoms with Gasteiger partial charge >= 0.3 is 0 Å². The van der Waals surface area contributed by atoms with Gasteiger partial charge in [-0.25, -0.2) is 9.97 Å². The molecule has 3 heterocycles. The number of hydrogen-bond acceptors (Lipinski definition) is 2. The van der Waals surface area contributed by atoms with Gasteiger partial charge in [-0.1, -0.05) is 84.9 Å². The third kappa shape index (κ3) is 2.98. The molecule has 4 nitrogen and oxygen atoms in total. The first kappa shape index (κ1) is 20.9. The maximum atomic E-state index is 4.80. The largest absolute Gasteiger partial charge is 0.309 e. The molecule has 0 radical (unpaired) electrons. The molecule has 0 saturated carbocycles. The molecule has 8 rings (SSSR count). The normalized spacial score (nSPS) is 11.7. The standard InChI is InChI=1S/C34H22N4/c1-3-10-23(11-4-1)24-12-9-15-26(20-24)38-31-19-18-28-27-16-7-8-17-30(27)37(25-13-5-2-6-14-25)33(28)32(31)29-21-35-22-36-34(29)38/h1-22H. The van der Waals surface area contributed by atoms with E-state index in [9.17, 15) is 0 Å². The fourth-order valence-corrected chi connectivity index (χ4v) is 5.85. The van der Waals surface area contributed by atoms with Crippen LogP contribution < -0.4 is 0 Å². The zero-order valence-corrected chi connectivity index (χ0v) is 20.5. The van der Waals surface area contributed by atoms with Crippen LogP contribution >= 0.6 is 0 Å². The monoisotopic (exact) mass is 486 g/mol. The summed E-state index contributed by atoms with van der Waals surface area (Å²) in [6, 6.07) is 42.9. The van der Waals surface area contributed by atoms with Gasteiger partial charge in [0.05, 0.1) is 16.6 Å². The van der Waals surface area contributed by atoms with Crippen molar-refractivity contribution >= 4 is 43.7 Å². The van der Waals surface area contributed by atoms with Crippen molar-refractivity contribution in [2.24, 2.45) is 0 Å². The Morgan fingerprint density at radius 2 is 1.24 bits per heavy atom. The number of fused-ring (bicyclic) bond motifs is 7. The van der Waals surface area contributed by atoms with E-state index in [1.807, 2.05) is 12.3 Å². The van der Waals surface area contributed by atoms with E-state index in [1.54, 1.807) is 6.33 Å². The van der Waals surface area contributed by atoms with Crippen molar-refractivity contribution in [1.29, 1.82) is 0 Å². The van der Waals surface area contributed by atoms with Gasteiger partial charge in [0, 0.05) is 39.1 Å². The summed E-state index contributed by atoms with van der Waals surface area (Å²) in [5.41, 5.74) is 8.94. The van der Waals surface area contributed by atoms with E-state index in [4.69, 9.17) is 4.98 Å². The first-order valence-corrected chi connectivity index (χ1v) is 12.8. The zero-order valence-electron chi connectivity index (χ0n) is 20.5. The highest BCUT2D eigenvalue weighted by atomic mass is 15.1. The van der Waals surface area contributed by atoms with Gasteiger partial charge in [-0.05, 0) is 47.5 Å². The van der Waals surface area contributed by atoms with Gasteiger partial charge in [0.25, 0.3) is 0 Å². The van der Waals surface area contributed by atoms with Crippen molar-refractivity contribution in [3.63, 3.8) is 0 Å². The van der Waals surface area contributed by atoms with E-state index in [0.717, 1.165) is 33.3 Å². The summed E-state index contributed by atoms with van der Waals surface area (Å²) in [6.07, 6.45) is 3.59. The SMILES string of the molecule is c1ccc(-c2cccc(-n3c4ccc5c6ccccc6n(-c6ccccc6)c5c4c4cncnc43)c2)cc1. The average Bonchev–Trinajstić information content (AvgIpc) is 3.51. The van der Waals surface area contributed by atoms with Gasteiger partial charge in [-0.15, -0.1) is 0 Å². The molecule has 8 aromatic rings. The van der Waals surface area contributed by atoms with Gasteiger partial charge in [0.2, 0.25) is 0 Å². The molecule has 0 spiro atoms. The number of hydrogen-bond donors (Lipinski definition) is 0. The topological polar surface area (TPSA) is 35.6 Å². The fourth-order valence-electron chi connectivity index (χ4n) is 5.85. The molecule has 0 unspecified atom stereocenters. The van der Waals surface area contributed by atoms with Crippen LogP contribution in [0.5, 0.6) is 0 Å². The highest BCUT2D eigenvalue weighted by Crippen LogP contribution is 2.41. The third-order valence-electron chi connectivity index (χ3n) is 7.45. The van der Waals surface area contributed by atoms with E-state index in [0.29, 0.717) is 0 Å². The van der Waals surface area contributed by atoms with Gasteiger partial charge < -0.3 is 4.57 Å². The third-order valence-corrected chi connectivity index (χ3v) is 7.45. The highest BCUT2D eigenvalue weighted by molar-refractivity contribution is 6.25. The number of benzene rings is 5. The lowest BCUT2D eigenvalue weighted by atomic mass is 10.1. The molecule has 0 aliphatic rings. The number of rotatable bonds is 3. The Morgan fingerprint density at radius 1 is 0.500 bits per heavy atom. The van der Waals surface area contributed by atoms with Crippen LogP contribution in [0.2, 0.25) is 0 Å².